The second-order valence-electron chi connectivity index (χ2n) is 5.33. The second kappa shape index (κ2) is 7.88. The Morgan fingerprint density at radius 2 is 1.74 bits per heavy atom. The van der Waals surface area contributed by atoms with Crippen LogP contribution in [0.3, 0.4) is 0 Å². The van der Waals surface area contributed by atoms with E-state index in [0.717, 1.165) is 11.3 Å². The summed E-state index contributed by atoms with van der Waals surface area (Å²) >= 11 is 5.92. The molecule has 0 aliphatic carbocycles. The van der Waals surface area contributed by atoms with Gasteiger partial charge in [-0.2, -0.15) is 0 Å². The van der Waals surface area contributed by atoms with Crippen molar-refractivity contribution in [3.8, 4) is 11.5 Å². The minimum absolute atomic E-state index is 0.375. The van der Waals surface area contributed by atoms with Gasteiger partial charge in [-0.25, -0.2) is 0 Å². The van der Waals surface area contributed by atoms with Crippen molar-refractivity contribution >= 4 is 17.8 Å². The first-order chi connectivity index (χ1) is 11.0. The summed E-state index contributed by atoms with van der Waals surface area (Å²) in [5.41, 5.74) is 4.13. The fraction of sp³-hybridized carbons (Fsp3) is 0.278. The fourth-order valence-corrected chi connectivity index (χ4v) is 2.45. The van der Waals surface area contributed by atoms with E-state index in [1.165, 1.54) is 17.3 Å². The third-order valence-corrected chi connectivity index (χ3v) is 3.77. The number of nitrogens with zero attached hydrogens (tertiary/aromatic N) is 1. The number of hydrogen-bond acceptors (Lipinski definition) is 4. The van der Waals surface area contributed by atoms with Crippen LogP contribution in [0.15, 0.2) is 35.5 Å². The van der Waals surface area contributed by atoms with E-state index in [9.17, 15) is 0 Å². The zero-order valence-corrected chi connectivity index (χ0v) is 14.2. The lowest BCUT2D eigenvalue weighted by Crippen LogP contribution is -2.11. The maximum Gasteiger partial charge on any atom is 0.128 e. The first-order valence-electron chi connectivity index (χ1n) is 7.31. The van der Waals surface area contributed by atoms with Crippen molar-refractivity contribution in [1.82, 2.24) is 0 Å². The van der Waals surface area contributed by atoms with Crippen LogP contribution in [-0.2, 0) is 0 Å². The third kappa shape index (κ3) is 4.63. The van der Waals surface area contributed by atoms with Crippen LogP contribution >= 0.6 is 11.6 Å². The Balaban J connectivity index is 1.96. The van der Waals surface area contributed by atoms with E-state index in [-0.39, 0.29) is 0 Å². The zero-order valence-electron chi connectivity index (χ0n) is 13.5. The Morgan fingerprint density at radius 1 is 1.04 bits per heavy atom. The van der Waals surface area contributed by atoms with Gasteiger partial charge in [-0.1, -0.05) is 22.8 Å². The number of benzene rings is 2. The van der Waals surface area contributed by atoms with Crippen molar-refractivity contribution in [2.45, 2.75) is 20.8 Å². The number of hydrogen-bond donors (Lipinski definition) is 1. The monoisotopic (exact) mass is 333 g/mol. The minimum atomic E-state index is 0.375. The lowest BCUT2D eigenvalue weighted by molar-refractivity contribution is 0.216. The largest absolute Gasteiger partial charge is 0.490 e. The number of rotatable bonds is 6. The van der Waals surface area contributed by atoms with Crippen LogP contribution in [0.5, 0.6) is 11.5 Å². The van der Waals surface area contributed by atoms with Crippen LogP contribution in [0.25, 0.3) is 0 Å². The Labute approximate surface area is 141 Å². The summed E-state index contributed by atoms with van der Waals surface area (Å²) in [6.07, 6.45) is 1.29. The van der Waals surface area contributed by atoms with Crippen LogP contribution in [0.1, 0.15) is 22.3 Å². The van der Waals surface area contributed by atoms with Gasteiger partial charge in [0.1, 0.15) is 24.7 Å². The van der Waals surface area contributed by atoms with Crippen LogP contribution < -0.4 is 9.47 Å². The molecule has 0 unspecified atom stereocenters. The van der Waals surface area contributed by atoms with Gasteiger partial charge in [0.05, 0.1) is 6.21 Å². The van der Waals surface area contributed by atoms with Crippen molar-refractivity contribution in [1.29, 1.82) is 0 Å². The average Bonchev–Trinajstić information content (AvgIpc) is 2.50. The van der Waals surface area contributed by atoms with Gasteiger partial charge < -0.3 is 14.7 Å². The van der Waals surface area contributed by atoms with Crippen molar-refractivity contribution < 1.29 is 14.7 Å². The highest BCUT2D eigenvalue weighted by atomic mass is 35.5. The summed E-state index contributed by atoms with van der Waals surface area (Å²) in [6.45, 7) is 6.95. The maximum atomic E-state index is 8.68. The number of oxime groups is 1. The van der Waals surface area contributed by atoms with Crippen LogP contribution in [-0.4, -0.2) is 24.6 Å². The Hall–Kier alpha value is -2.20. The molecule has 2 aromatic rings. The zero-order chi connectivity index (χ0) is 16.8. The highest BCUT2D eigenvalue weighted by molar-refractivity contribution is 6.30. The Morgan fingerprint density at radius 3 is 2.43 bits per heavy atom. The highest BCUT2D eigenvalue weighted by Gasteiger charge is 2.06. The minimum Gasteiger partial charge on any atom is -0.490 e. The molecule has 0 atom stereocenters. The van der Waals surface area contributed by atoms with Gasteiger partial charge in [-0.05, 0) is 61.7 Å². The van der Waals surface area contributed by atoms with Crippen LogP contribution in [0.2, 0.25) is 5.02 Å². The standard InChI is InChI=1S/C18H20ClNO3/c1-12-8-13(2)14(3)18(9-12)23-7-6-22-17-5-4-16(19)10-15(17)11-20-21/h4-5,8-11,21H,6-7H2,1-3H3. The smallest absolute Gasteiger partial charge is 0.128 e. The van der Waals surface area contributed by atoms with Gasteiger partial charge in [0, 0.05) is 10.6 Å². The van der Waals surface area contributed by atoms with Gasteiger partial charge in [0.25, 0.3) is 0 Å². The normalized spacial score (nSPS) is 11.0. The molecule has 2 aromatic carbocycles. The van der Waals surface area contributed by atoms with E-state index >= 15 is 0 Å². The van der Waals surface area contributed by atoms with E-state index in [2.05, 4.69) is 18.1 Å². The molecule has 122 valence electrons. The molecule has 0 saturated carbocycles. The van der Waals surface area contributed by atoms with E-state index in [1.807, 2.05) is 19.9 Å². The number of aryl methyl sites for hydroxylation is 2. The number of ether oxygens (including phenoxy) is 2. The molecule has 0 amide bonds. The summed E-state index contributed by atoms with van der Waals surface area (Å²) in [5.74, 6) is 1.47. The van der Waals surface area contributed by atoms with E-state index in [1.54, 1.807) is 18.2 Å². The second-order valence-corrected chi connectivity index (χ2v) is 5.77. The summed E-state index contributed by atoms with van der Waals surface area (Å²) in [7, 11) is 0. The van der Waals surface area contributed by atoms with Gasteiger partial charge in [-0.3, -0.25) is 0 Å². The predicted octanol–water partition coefficient (Wildman–Crippen LogP) is 4.53. The van der Waals surface area contributed by atoms with Gasteiger partial charge in [0.15, 0.2) is 0 Å². The molecule has 0 heterocycles. The first-order valence-corrected chi connectivity index (χ1v) is 7.69. The lowest BCUT2D eigenvalue weighted by Gasteiger charge is -2.13. The highest BCUT2D eigenvalue weighted by Crippen LogP contribution is 2.24. The molecule has 0 aromatic heterocycles. The molecule has 0 saturated heterocycles. The fourth-order valence-electron chi connectivity index (χ4n) is 2.27. The maximum absolute atomic E-state index is 8.68. The first kappa shape index (κ1) is 17.2. The summed E-state index contributed by atoms with van der Waals surface area (Å²) < 4.78 is 11.5. The molecule has 1 N–H and O–H groups in total. The third-order valence-electron chi connectivity index (χ3n) is 3.53. The van der Waals surface area contributed by atoms with E-state index in [0.29, 0.717) is 29.5 Å². The van der Waals surface area contributed by atoms with Gasteiger partial charge >= 0.3 is 0 Å². The van der Waals surface area contributed by atoms with E-state index in [4.69, 9.17) is 26.3 Å². The molecular formula is C18H20ClNO3. The predicted molar refractivity (Wildman–Crippen MR) is 92.5 cm³/mol. The summed E-state index contributed by atoms with van der Waals surface area (Å²) in [4.78, 5) is 0. The molecular weight excluding hydrogens is 314 g/mol. The van der Waals surface area contributed by atoms with Crippen molar-refractivity contribution in [3.63, 3.8) is 0 Å². The van der Waals surface area contributed by atoms with Crippen molar-refractivity contribution in [2.75, 3.05) is 13.2 Å². The molecule has 2 rings (SSSR count). The van der Waals surface area contributed by atoms with Crippen LogP contribution in [0, 0.1) is 20.8 Å². The quantitative estimate of drug-likeness (QED) is 0.365. The van der Waals surface area contributed by atoms with Gasteiger partial charge in [0.2, 0.25) is 0 Å². The molecule has 0 aliphatic heterocycles. The van der Waals surface area contributed by atoms with Gasteiger partial charge in [-0.15, -0.1) is 0 Å². The number of halogens is 1. The van der Waals surface area contributed by atoms with Crippen molar-refractivity contribution in [3.05, 3.63) is 57.6 Å². The van der Waals surface area contributed by atoms with E-state index < -0.39 is 0 Å². The topological polar surface area (TPSA) is 51.0 Å². The molecule has 0 fully saturated rings. The molecule has 5 heteroatoms. The Bertz CT molecular complexity index is 714. The lowest BCUT2D eigenvalue weighted by atomic mass is 10.1. The Kier molecular flexibility index (Phi) is 5.88. The SMILES string of the molecule is Cc1cc(C)c(C)c(OCCOc2ccc(Cl)cc2C=NO)c1. The summed E-state index contributed by atoms with van der Waals surface area (Å²) in [5, 5.41) is 12.3. The average molecular weight is 334 g/mol. The molecule has 0 bridgehead atoms. The van der Waals surface area contributed by atoms with Crippen LogP contribution in [0.4, 0.5) is 0 Å². The van der Waals surface area contributed by atoms with Crippen molar-refractivity contribution in [2.24, 2.45) is 5.16 Å². The molecule has 0 radical (unpaired) electrons. The summed E-state index contributed by atoms with van der Waals surface area (Å²) in [6, 6.07) is 9.29. The molecule has 23 heavy (non-hydrogen) atoms. The molecule has 0 aliphatic rings. The molecule has 0 spiro atoms. The molecule has 4 nitrogen and oxygen atoms in total.